The molecule has 7 heteroatoms. The van der Waals surface area contributed by atoms with Crippen LogP contribution < -0.4 is 19.6 Å². The van der Waals surface area contributed by atoms with Gasteiger partial charge >= 0.3 is 5.97 Å². The van der Waals surface area contributed by atoms with Crippen molar-refractivity contribution in [1.82, 2.24) is 0 Å². The number of esters is 1. The smallest absolute Gasteiger partial charge is 0.344 e. The van der Waals surface area contributed by atoms with E-state index in [4.69, 9.17) is 23.4 Å². The van der Waals surface area contributed by atoms with Crippen molar-refractivity contribution in [3.63, 3.8) is 0 Å². The van der Waals surface area contributed by atoms with Gasteiger partial charge < -0.3 is 23.4 Å². The van der Waals surface area contributed by atoms with Gasteiger partial charge in [0.25, 0.3) is 0 Å². The molecule has 3 aromatic rings. The topological polar surface area (TPSA) is 84.2 Å². The molecule has 0 atom stereocenters. The molecule has 7 nitrogen and oxygen atoms in total. The third-order valence-electron chi connectivity index (χ3n) is 5.17. The Morgan fingerprint density at radius 1 is 1.16 bits per heavy atom. The molecule has 2 heterocycles. The van der Waals surface area contributed by atoms with E-state index in [2.05, 4.69) is 6.58 Å². The summed E-state index contributed by atoms with van der Waals surface area (Å²) in [5.74, 6) is 1.71. The number of aryl methyl sites for hydroxylation is 2. The molecule has 0 amide bonds. The average molecular weight is 436 g/mol. The summed E-state index contributed by atoms with van der Waals surface area (Å²) in [6.45, 7) is 8.04. The van der Waals surface area contributed by atoms with Gasteiger partial charge in [-0.25, -0.2) is 4.79 Å². The molecule has 0 aliphatic carbocycles. The minimum absolute atomic E-state index is 0.122. The van der Waals surface area contributed by atoms with Crippen LogP contribution in [-0.4, -0.2) is 32.4 Å². The molecule has 0 saturated carbocycles. The van der Waals surface area contributed by atoms with E-state index in [-0.39, 0.29) is 18.6 Å². The van der Waals surface area contributed by atoms with Crippen molar-refractivity contribution in [3.05, 3.63) is 64.5 Å². The second-order valence-corrected chi connectivity index (χ2v) is 7.29. The third-order valence-corrected chi connectivity index (χ3v) is 5.17. The zero-order valence-electron chi connectivity index (χ0n) is 18.1. The maximum atomic E-state index is 13.4. The van der Waals surface area contributed by atoms with E-state index < -0.39 is 5.97 Å². The quantitative estimate of drug-likeness (QED) is 0.405. The molecule has 0 spiro atoms. The first-order valence-electron chi connectivity index (χ1n) is 10.4. The zero-order chi connectivity index (χ0) is 22.7. The molecule has 32 heavy (non-hydrogen) atoms. The molecule has 0 saturated heterocycles. The molecule has 0 N–H and O–H groups in total. The van der Waals surface area contributed by atoms with Crippen molar-refractivity contribution in [3.8, 4) is 28.4 Å². The molecule has 0 unspecified atom stereocenters. The predicted molar refractivity (Wildman–Crippen MR) is 120 cm³/mol. The number of hydrogen-bond donors (Lipinski definition) is 0. The maximum Gasteiger partial charge on any atom is 0.344 e. The Morgan fingerprint density at radius 2 is 1.94 bits per heavy atom. The Bertz CT molecular complexity index is 1240. The molecule has 1 aliphatic heterocycles. The number of rotatable bonds is 7. The number of benzene rings is 2. The van der Waals surface area contributed by atoms with Crippen LogP contribution in [0.1, 0.15) is 18.2 Å². The van der Waals surface area contributed by atoms with Crippen molar-refractivity contribution >= 4 is 16.9 Å². The molecule has 1 aromatic heterocycles. The van der Waals surface area contributed by atoms with Crippen molar-refractivity contribution in [1.29, 1.82) is 0 Å². The molecular formula is C25H24O7. The first-order valence-corrected chi connectivity index (χ1v) is 10.4. The minimum Gasteiger partial charge on any atom is -0.486 e. The Balaban J connectivity index is 1.73. The molecule has 2 aromatic carbocycles. The summed E-state index contributed by atoms with van der Waals surface area (Å²) in [7, 11) is 0. The highest BCUT2D eigenvalue weighted by molar-refractivity contribution is 5.85. The van der Waals surface area contributed by atoms with Crippen molar-refractivity contribution in [2.45, 2.75) is 20.3 Å². The first-order chi connectivity index (χ1) is 15.5. The number of hydrogen-bond acceptors (Lipinski definition) is 7. The number of fused-ring (bicyclic) bond motifs is 2. The molecule has 0 bridgehead atoms. The van der Waals surface area contributed by atoms with E-state index in [1.165, 1.54) is 6.08 Å². The van der Waals surface area contributed by atoms with Crippen LogP contribution in [0.25, 0.3) is 22.1 Å². The Hall–Kier alpha value is -3.74. The lowest BCUT2D eigenvalue weighted by Gasteiger charge is -2.19. The summed E-state index contributed by atoms with van der Waals surface area (Å²) in [5, 5.41) is 0.443. The Morgan fingerprint density at radius 3 is 2.69 bits per heavy atom. The maximum absolute atomic E-state index is 13.4. The number of ether oxygens (including phenoxy) is 4. The fourth-order valence-corrected chi connectivity index (χ4v) is 3.65. The van der Waals surface area contributed by atoms with E-state index in [1.54, 1.807) is 31.2 Å². The van der Waals surface area contributed by atoms with Crippen LogP contribution in [0.3, 0.4) is 0 Å². The monoisotopic (exact) mass is 436 g/mol. The molecule has 1 aliphatic rings. The summed E-state index contributed by atoms with van der Waals surface area (Å²) in [5.41, 5.74) is 2.20. The van der Waals surface area contributed by atoms with Gasteiger partial charge in [0.2, 0.25) is 5.43 Å². The summed E-state index contributed by atoms with van der Waals surface area (Å²) >= 11 is 0. The second kappa shape index (κ2) is 9.18. The highest BCUT2D eigenvalue weighted by Gasteiger charge is 2.19. The van der Waals surface area contributed by atoms with E-state index in [0.29, 0.717) is 64.7 Å². The molecule has 0 radical (unpaired) electrons. The van der Waals surface area contributed by atoms with Crippen LogP contribution in [0.4, 0.5) is 0 Å². The van der Waals surface area contributed by atoms with Gasteiger partial charge in [0.1, 0.15) is 36.9 Å². The normalized spacial score (nSPS) is 12.4. The Labute approximate surface area is 185 Å². The van der Waals surface area contributed by atoms with Crippen LogP contribution >= 0.6 is 0 Å². The third kappa shape index (κ3) is 4.19. The van der Waals surface area contributed by atoms with Gasteiger partial charge in [-0.3, -0.25) is 4.79 Å². The molecule has 0 fully saturated rings. The van der Waals surface area contributed by atoms with E-state index in [9.17, 15) is 9.59 Å². The van der Waals surface area contributed by atoms with Crippen LogP contribution in [0.5, 0.6) is 17.2 Å². The summed E-state index contributed by atoms with van der Waals surface area (Å²) < 4.78 is 27.8. The van der Waals surface area contributed by atoms with Crippen LogP contribution in [-0.2, 0) is 16.0 Å². The van der Waals surface area contributed by atoms with Gasteiger partial charge in [0.15, 0.2) is 18.1 Å². The molecular weight excluding hydrogens is 412 g/mol. The van der Waals surface area contributed by atoms with Gasteiger partial charge in [-0.05, 0) is 42.7 Å². The highest BCUT2D eigenvalue weighted by atomic mass is 16.6. The van der Waals surface area contributed by atoms with Crippen LogP contribution in [0.2, 0.25) is 0 Å². The number of carbonyl (C=O) groups is 1. The fourth-order valence-electron chi connectivity index (χ4n) is 3.65. The SMILES string of the molecule is C=CCOC(=O)COc1cc2oc(C)c(-c3ccc4c(c3)OCCO4)c(=O)c2cc1CC. The van der Waals surface area contributed by atoms with Crippen molar-refractivity contribution in [2.24, 2.45) is 0 Å². The fraction of sp³-hybridized carbons (Fsp3) is 0.280. The lowest BCUT2D eigenvalue weighted by molar-refractivity contribution is -0.144. The molecule has 166 valence electrons. The summed E-state index contributed by atoms with van der Waals surface area (Å²) in [6.07, 6.45) is 2.10. The largest absolute Gasteiger partial charge is 0.486 e. The molecule has 4 rings (SSSR count). The lowest BCUT2D eigenvalue weighted by Crippen LogP contribution is -2.16. The Kier molecular flexibility index (Phi) is 6.16. The van der Waals surface area contributed by atoms with Gasteiger partial charge in [0.05, 0.1) is 10.9 Å². The summed E-state index contributed by atoms with van der Waals surface area (Å²) in [6, 6.07) is 8.83. The van der Waals surface area contributed by atoms with Crippen molar-refractivity contribution in [2.75, 3.05) is 26.4 Å². The summed E-state index contributed by atoms with van der Waals surface area (Å²) in [4.78, 5) is 25.2. The van der Waals surface area contributed by atoms with Gasteiger partial charge in [-0.2, -0.15) is 0 Å². The standard InChI is InChI=1S/C25H24O7/c1-4-8-30-23(26)14-31-20-13-21-18(11-16(20)5-2)25(27)24(15(3)32-21)17-6-7-19-22(12-17)29-10-9-28-19/h4,6-7,11-13H,1,5,8-10,14H2,2-3H3. The number of carbonyl (C=O) groups excluding carboxylic acids is 1. The minimum atomic E-state index is -0.501. The van der Waals surface area contributed by atoms with Crippen LogP contribution in [0.15, 0.2) is 52.2 Å². The van der Waals surface area contributed by atoms with E-state index in [0.717, 1.165) is 5.56 Å². The van der Waals surface area contributed by atoms with Crippen molar-refractivity contribution < 1.29 is 28.2 Å². The zero-order valence-corrected chi connectivity index (χ0v) is 18.1. The van der Waals surface area contributed by atoms with E-state index in [1.807, 2.05) is 13.0 Å². The lowest BCUT2D eigenvalue weighted by atomic mass is 10.00. The second-order valence-electron chi connectivity index (χ2n) is 7.29. The van der Waals surface area contributed by atoms with Gasteiger partial charge in [-0.1, -0.05) is 25.6 Å². The van der Waals surface area contributed by atoms with Gasteiger partial charge in [-0.15, -0.1) is 0 Å². The van der Waals surface area contributed by atoms with Crippen LogP contribution in [0, 0.1) is 6.92 Å². The average Bonchev–Trinajstić information content (AvgIpc) is 2.80. The van der Waals surface area contributed by atoms with Gasteiger partial charge in [0, 0.05) is 6.07 Å². The highest BCUT2D eigenvalue weighted by Crippen LogP contribution is 2.36. The first kappa shape index (κ1) is 21.5. The predicted octanol–water partition coefficient (Wildman–Crippen LogP) is 4.21. The van der Waals surface area contributed by atoms with E-state index >= 15 is 0 Å².